The largest absolute Gasteiger partial charge is 0.381 e. The molecule has 204 valence electrons. The third kappa shape index (κ3) is 4.31. The number of aliphatic imine (C=N–C) groups is 1. The number of amides is 2. The minimum atomic E-state index is -0.757. The zero-order valence-electron chi connectivity index (χ0n) is 22.3. The lowest BCUT2D eigenvalue weighted by Crippen LogP contribution is -2.47. The summed E-state index contributed by atoms with van der Waals surface area (Å²) in [6.45, 7) is 2.90. The van der Waals surface area contributed by atoms with Crippen molar-refractivity contribution >= 4 is 39.9 Å². The Morgan fingerprint density at radius 2 is 1.88 bits per heavy atom. The highest BCUT2D eigenvalue weighted by Gasteiger charge is 2.50. The molecular weight excluding hydrogens is 524 g/mol. The van der Waals surface area contributed by atoms with Crippen LogP contribution < -0.4 is 0 Å². The van der Waals surface area contributed by atoms with E-state index in [0.717, 1.165) is 39.8 Å². The molecule has 7 rings (SSSR count). The number of aromatic nitrogens is 3. The minimum Gasteiger partial charge on any atom is -0.381 e. The van der Waals surface area contributed by atoms with E-state index in [-0.39, 0.29) is 17.7 Å². The highest BCUT2D eigenvalue weighted by molar-refractivity contribution is 7.11. The topological polar surface area (TPSA) is 92.9 Å². The molecule has 2 aromatic carbocycles. The van der Waals surface area contributed by atoms with Crippen LogP contribution in [-0.4, -0.2) is 80.6 Å². The SMILES string of the molecule is Cn1ncc2cc(-c3ccc(C4=NC5(CCOCC5)C(=O)N4C[C@@H]4CCN(C(=O)c5nccs5)C4)cc3)ccc21. The maximum absolute atomic E-state index is 13.9. The van der Waals surface area contributed by atoms with Gasteiger partial charge in [0.05, 0.1) is 11.7 Å². The number of rotatable bonds is 5. The first-order chi connectivity index (χ1) is 19.5. The predicted molar refractivity (Wildman–Crippen MR) is 153 cm³/mol. The molecule has 0 unspecified atom stereocenters. The standard InChI is InChI=1S/C30H30N6O3S/c1-34-25-7-6-23(16-24(25)17-32-34)21-2-4-22(5-3-21)26-33-30(9-13-39-14-10-30)29(38)36(26)19-20-8-12-35(18-20)28(37)27-31-11-15-40-27/h2-7,11,15-17,20H,8-10,12-14,18-19H2,1H3/t20-/m1/s1. The number of thiazole rings is 1. The molecule has 40 heavy (non-hydrogen) atoms. The highest BCUT2D eigenvalue weighted by Crippen LogP contribution is 2.36. The molecule has 0 N–H and O–H groups in total. The Morgan fingerprint density at radius 1 is 1.10 bits per heavy atom. The van der Waals surface area contributed by atoms with Gasteiger partial charge < -0.3 is 9.64 Å². The second kappa shape index (κ2) is 9.94. The number of carbonyl (C=O) groups excluding carboxylic acids is 2. The number of nitrogens with zero attached hydrogens (tertiary/aromatic N) is 6. The molecule has 10 heteroatoms. The molecule has 0 aliphatic carbocycles. The Hall–Kier alpha value is -3.89. The molecule has 1 spiro atoms. The number of likely N-dealkylation sites (tertiary alicyclic amines) is 1. The second-order valence-corrected chi connectivity index (χ2v) is 11.8. The summed E-state index contributed by atoms with van der Waals surface area (Å²) in [5.41, 5.74) is 3.48. The van der Waals surface area contributed by atoms with Gasteiger partial charge in [0, 0.05) is 75.3 Å². The fourth-order valence-corrected chi connectivity index (χ4v) is 6.73. The summed E-state index contributed by atoms with van der Waals surface area (Å²) < 4.78 is 7.46. The van der Waals surface area contributed by atoms with Crippen molar-refractivity contribution in [2.75, 3.05) is 32.8 Å². The molecule has 2 fully saturated rings. The lowest BCUT2D eigenvalue weighted by atomic mass is 9.90. The lowest BCUT2D eigenvalue weighted by Gasteiger charge is -2.30. The Bertz CT molecular complexity index is 1600. The van der Waals surface area contributed by atoms with Gasteiger partial charge in [-0.25, -0.2) is 4.98 Å². The molecule has 4 aromatic rings. The number of amidine groups is 1. The van der Waals surface area contributed by atoms with Crippen molar-refractivity contribution in [2.45, 2.75) is 24.8 Å². The maximum Gasteiger partial charge on any atom is 0.282 e. The third-order valence-electron chi connectivity index (χ3n) is 8.39. The second-order valence-electron chi connectivity index (χ2n) is 10.9. The van der Waals surface area contributed by atoms with Gasteiger partial charge in [-0.1, -0.05) is 30.3 Å². The number of hydrogen-bond acceptors (Lipinski definition) is 7. The van der Waals surface area contributed by atoms with Crippen LogP contribution in [0.4, 0.5) is 0 Å². The van der Waals surface area contributed by atoms with Gasteiger partial charge in [0.15, 0.2) is 5.01 Å². The van der Waals surface area contributed by atoms with Gasteiger partial charge in [-0.05, 0) is 35.6 Å². The van der Waals surface area contributed by atoms with E-state index in [4.69, 9.17) is 9.73 Å². The van der Waals surface area contributed by atoms with E-state index in [9.17, 15) is 9.59 Å². The average molecular weight is 555 g/mol. The first-order valence-corrected chi connectivity index (χ1v) is 14.6. The van der Waals surface area contributed by atoms with E-state index in [1.165, 1.54) is 11.3 Å². The molecule has 5 heterocycles. The van der Waals surface area contributed by atoms with E-state index in [2.05, 4.69) is 52.5 Å². The molecule has 2 aromatic heterocycles. The van der Waals surface area contributed by atoms with Crippen LogP contribution in [0.25, 0.3) is 22.0 Å². The predicted octanol–water partition coefficient (Wildman–Crippen LogP) is 4.00. The number of fused-ring (bicyclic) bond motifs is 1. The van der Waals surface area contributed by atoms with E-state index >= 15 is 0 Å². The van der Waals surface area contributed by atoms with Gasteiger partial charge in [-0.15, -0.1) is 11.3 Å². The fourth-order valence-electron chi connectivity index (χ4n) is 6.13. The minimum absolute atomic E-state index is 0.0277. The normalized spacial score (nSPS) is 20.6. The molecule has 9 nitrogen and oxygen atoms in total. The van der Waals surface area contributed by atoms with Gasteiger partial charge in [0.2, 0.25) is 0 Å². The molecule has 1 atom stereocenters. The van der Waals surface area contributed by atoms with Crippen LogP contribution >= 0.6 is 11.3 Å². The third-order valence-corrected chi connectivity index (χ3v) is 9.15. The van der Waals surface area contributed by atoms with Gasteiger partial charge in [0.1, 0.15) is 11.4 Å². The van der Waals surface area contributed by atoms with Crippen molar-refractivity contribution in [1.29, 1.82) is 0 Å². The van der Waals surface area contributed by atoms with Crippen molar-refractivity contribution in [1.82, 2.24) is 24.6 Å². The first-order valence-electron chi connectivity index (χ1n) is 13.7. The summed E-state index contributed by atoms with van der Waals surface area (Å²) >= 11 is 1.36. The van der Waals surface area contributed by atoms with Gasteiger partial charge >= 0.3 is 0 Å². The van der Waals surface area contributed by atoms with Crippen LogP contribution in [0, 0.1) is 5.92 Å². The maximum atomic E-state index is 13.9. The summed E-state index contributed by atoms with van der Waals surface area (Å²) in [5.74, 6) is 0.936. The molecule has 3 aliphatic rings. The van der Waals surface area contributed by atoms with Crippen molar-refractivity contribution in [2.24, 2.45) is 18.0 Å². The van der Waals surface area contributed by atoms with Crippen molar-refractivity contribution in [3.8, 4) is 11.1 Å². The Labute approximate surface area is 236 Å². The summed E-state index contributed by atoms with van der Waals surface area (Å²) in [7, 11) is 1.94. The Balaban J connectivity index is 1.14. The summed E-state index contributed by atoms with van der Waals surface area (Å²) in [5, 5.41) is 7.79. The quantitative estimate of drug-likeness (QED) is 0.372. The Kier molecular flexibility index (Phi) is 6.24. The van der Waals surface area contributed by atoms with Crippen molar-refractivity contribution < 1.29 is 14.3 Å². The van der Waals surface area contributed by atoms with E-state index in [1.54, 1.807) is 6.20 Å². The monoisotopic (exact) mass is 554 g/mol. The van der Waals surface area contributed by atoms with Crippen LogP contribution in [0.1, 0.15) is 34.6 Å². The van der Waals surface area contributed by atoms with Crippen molar-refractivity contribution in [3.05, 3.63) is 70.8 Å². The van der Waals surface area contributed by atoms with Gasteiger partial charge in [0.25, 0.3) is 11.8 Å². The van der Waals surface area contributed by atoms with Gasteiger partial charge in [-0.3, -0.25) is 24.2 Å². The molecule has 0 radical (unpaired) electrons. The molecular formula is C30H30N6O3S. The number of carbonyl (C=O) groups is 2. The summed E-state index contributed by atoms with van der Waals surface area (Å²) in [4.78, 5) is 39.8. The van der Waals surface area contributed by atoms with E-state index in [0.29, 0.717) is 50.7 Å². The Morgan fingerprint density at radius 3 is 2.65 bits per heavy atom. The van der Waals surface area contributed by atoms with Crippen LogP contribution in [0.5, 0.6) is 0 Å². The fraction of sp³-hybridized carbons (Fsp3) is 0.367. The lowest BCUT2D eigenvalue weighted by molar-refractivity contribution is -0.134. The average Bonchev–Trinajstić information content (AvgIpc) is 3.80. The van der Waals surface area contributed by atoms with Crippen LogP contribution in [-0.2, 0) is 16.6 Å². The molecule has 0 bridgehead atoms. The van der Waals surface area contributed by atoms with Gasteiger partial charge in [-0.2, -0.15) is 5.10 Å². The van der Waals surface area contributed by atoms with E-state index < -0.39 is 5.54 Å². The van der Waals surface area contributed by atoms with E-state index in [1.807, 2.05) is 33.1 Å². The van der Waals surface area contributed by atoms with Crippen LogP contribution in [0.15, 0.2) is 65.2 Å². The molecule has 2 amide bonds. The zero-order valence-corrected chi connectivity index (χ0v) is 23.1. The van der Waals surface area contributed by atoms with Crippen molar-refractivity contribution in [3.63, 3.8) is 0 Å². The zero-order chi connectivity index (χ0) is 27.3. The summed E-state index contributed by atoms with van der Waals surface area (Å²) in [6, 6.07) is 14.7. The molecule has 2 saturated heterocycles. The number of hydrogen-bond donors (Lipinski definition) is 0. The smallest absolute Gasteiger partial charge is 0.282 e. The van der Waals surface area contributed by atoms with Crippen LogP contribution in [0.3, 0.4) is 0 Å². The molecule has 0 saturated carbocycles. The molecule has 3 aliphatic heterocycles. The number of benzene rings is 2. The summed E-state index contributed by atoms with van der Waals surface area (Å²) in [6.07, 6.45) is 5.57. The first kappa shape index (κ1) is 25.1. The van der Waals surface area contributed by atoms with Crippen LogP contribution in [0.2, 0.25) is 0 Å². The highest BCUT2D eigenvalue weighted by atomic mass is 32.1. The number of ether oxygens (including phenoxy) is 1. The number of aryl methyl sites for hydroxylation is 1.